The summed E-state index contributed by atoms with van der Waals surface area (Å²) in [5.74, 6) is 0.296. The normalized spacial score (nSPS) is 19.8. The second-order valence-electron chi connectivity index (χ2n) is 11.2. The van der Waals surface area contributed by atoms with Crippen molar-refractivity contribution in [3.63, 3.8) is 0 Å². The Bertz CT molecular complexity index is 944. The molecule has 0 spiro atoms. The van der Waals surface area contributed by atoms with Crippen molar-refractivity contribution in [2.24, 2.45) is 11.8 Å². The number of unbranched alkanes of at least 4 members (excludes halogenated alkanes) is 1. The highest BCUT2D eigenvalue weighted by molar-refractivity contribution is 6.01. The Hall–Kier alpha value is -2.90. The fourth-order valence-electron chi connectivity index (χ4n) is 5.21. The second-order valence-corrected chi connectivity index (χ2v) is 11.2. The van der Waals surface area contributed by atoms with Gasteiger partial charge in [0.15, 0.2) is 0 Å². The third-order valence-corrected chi connectivity index (χ3v) is 7.44. The van der Waals surface area contributed by atoms with Crippen molar-refractivity contribution in [2.75, 3.05) is 25.0 Å². The van der Waals surface area contributed by atoms with Gasteiger partial charge in [-0.3, -0.25) is 19.3 Å². The molecular formula is C29H44N4O4. The number of fused-ring (bicyclic) bond motifs is 1. The lowest BCUT2D eigenvalue weighted by Gasteiger charge is -2.46. The molecule has 1 heterocycles. The number of imide groups is 1. The van der Waals surface area contributed by atoms with Crippen molar-refractivity contribution in [1.82, 2.24) is 15.1 Å². The summed E-state index contributed by atoms with van der Waals surface area (Å²) in [5.41, 5.74) is 1.88. The molecule has 0 bridgehead atoms. The third kappa shape index (κ3) is 8.04. The molecule has 8 heteroatoms. The van der Waals surface area contributed by atoms with E-state index in [1.165, 1.54) is 10.5 Å². The molecular weight excluding hydrogens is 468 g/mol. The van der Waals surface area contributed by atoms with E-state index in [1.807, 2.05) is 24.3 Å². The number of urea groups is 1. The van der Waals surface area contributed by atoms with Gasteiger partial charge in [-0.25, -0.2) is 4.79 Å². The summed E-state index contributed by atoms with van der Waals surface area (Å²) in [5, 5.41) is 5.83. The smallest absolute Gasteiger partial charge is 0.327 e. The number of benzene rings is 1. The zero-order valence-corrected chi connectivity index (χ0v) is 22.9. The monoisotopic (exact) mass is 512 g/mol. The number of anilines is 1. The molecule has 0 aromatic heterocycles. The highest BCUT2D eigenvalue weighted by Gasteiger charge is 2.47. The molecule has 2 aliphatic rings. The first kappa shape index (κ1) is 28.7. The van der Waals surface area contributed by atoms with Gasteiger partial charge in [0.05, 0.1) is 5.92 Å². The standard InChI is InChI=1S/C29H44N4O4/c1-20(2)16-17-30-26(34)11-7-8-18-32-28(36)24-9-5-6-10-25(24)33(29(32)37)19-27(35)31-23-14-12-22(13-15-23)21(3)4/h12-15,20-21,24-25H,5-11,16-19H2,1-4H3,(H,30,34)(H,31,35). The summed E-state index contributed by atoms with van der Waals surface area (Å²) in [7, 11) is 0. The van der Waals surface area contributed by atoms with Gasteiger partial charge in [0.25, 0.3) is 0 Å². The van der Waals surface area contributed by atoms with Gasteiger partial charge in [-0.15, -0.1) is 0 Å². The van der Waals surface area contributed by atoms with E-state index < -0.39 is 0 Å². The summed E-state index contributed by atoms with van der Waals surface area (Å²) in [4.78, 5) is 54.5. The Morgan fingerprint density at radius 1 is 0.973 bits per heavy atom. The van der Waals surface area contributed by atoms with E-state index in [1.54, 1.807) is 4.90 Å². The minimum atomic E-state index is -0.389. The van der Waals surface area contributed by atoms with Gasteiger partial charge in [-0.1, -0.05) is 52.7 Å². The molecule has 3 rings (SSSR count). The SMILES string of the molecule is CC(C)CCNC(=O)CCCCN1C(=O)C2CCCCC2N(CC(=O)Nc2ccc(C(C)C)cc2)C1=O. The van der Waals surface area contributed by atoms with Crippen LogP contribution >= 0.6 is 0 Å². The number of amides is 5. The van der Waals surface area contributed by atoms with Crippen molar-refractivity contribution < 1.29 is 19.2 Å². The first-order chi connectivity index (χ1) is 17.7. The number of nitrogens with one attached hydrogen (secondary N) is 2. The molecule has 204 valence electrons. The Balaban J connectivity index is 1.57. The van der Waals surface area contributed by atoms with Gasteiger partial charge < -0.3 is 15.5 Å². The molecule has 1 aliphatic heterocycles. The maximum Gasteiger partial charge on any atom is 0.327 e. The predicted octanol–water partition coefficient (Wildman–Crippen LogP) is 4.90. The van der Waals surface area contributed by atoms with E-state index in [0.29, 0.717) is 43.3 Å². The minimum absolute atomic E-state index is 0.00372. The summed E-state index contributed by atoms with van der Waals surface area (Å²) in [6.07, 6.45) is 5.86. The Morgan fingerprint density at radius 2 is 1.68 bits per heavy atom. The second kappa shape index (κ2) is 13.6. The van der Waals surface area contributed by atoms with Crippen LogP contribution in [0.25, 0.3) is 0 Å². The summed E-state index contributed by atoms with van der Waals surface area (Å²) < 4.78 is 0. The summed E-state index contributed by atoms with van der Waals surface area (Å²) in [6, 6.07) is 7.13. The first-order valence-electron chi connectivity index (χ1n) is 14.0. The predicted molar refractivity (Wildman–Crippen MR) is 145 cm³/mol. The van der Waals surface area contributed by atoms with E-state index in [9.17, 15) is 19.2 Å². The average molecular weight is 513 g/mol. The molecule has 1 saturated carbocycles. The van der Waals surface area contributed by atoms with Crippen molar-refractivity contribution in [3.05, 3.63) is 29.8 Å². The zero-order valence-electron chi connectivity index (χ0n) is 22.9. The van der Waals surface area contributed by atoms with E-state index in [-0.39, 0.29) is 48.8 Å². The molecule has 2 N–H and O–H groups in total. The quantitative estimate of drug-likeness (QED) is 0.389. The van der Waals surface area contributed by atoms with Crippen LogP contribution in [0.3, 0.4) is 0 Å². The molecule has 0 radical (unpaired) electrons. The maximum absolute atomic E-state index is 13.4. The van der Waals surface area contributed by atoms with Crippen LogP contribution in [-0.2, 0) is 14.4 Å². The van der Waals surface area contributed by atoms with E-state index in [4.69, 9.17) is 0 Å². The highest BCUT2D eigenvalue weighted by atomic mass is 16.2. The first-order valence-corrected chi connectivity index (χ1v) is 14.0. The van der Waals surface area contributed by atoms with Crippen molar-refractivity contribution >= 4 is 29.4 Å². The Kier molecular flexibility index (Phi) is 10.5. The molecule has 2 fully saturated rings. The van der Waals surface area contributed by atoms with Gasteiger partial charge in [0.1, 0.15) is 6.54 Å². The van der Waals surface area contributed by atoms with Gasteiger partial charge in [-0.05, 0) is 61.6 Å². The Morgan fingerprint density at radius 3 is 2.35 bits per heavy atom. The topological polar surface area (TPSA) is 98.8 Å². The van der Waals surface area contributed by atoms with Crippen LogP contribution < -0.4 is 10.6 Å². The number of carbonyl (C=O) groups is 4. The molecule has 37 heavy (non-hydrogen) atoms. The molecule has 1 saturated heterocycles. The molecule has 1 aromatic rings. The summed E-state index contributed by atoms with van der Waals surface area (Å²) in [6.45, 7) is 9.33. The van der Waals surface area contributed by atoms with Crippen LogP contribution in [-0.4, -0.2) is 59.2 Å². The molecule has 8 nitrogen and oxygen atoms in total. The lowest BCUT2D eigenvalue weighted by atomic mass is 9.81. The largest absolute Gasteiger partial charge is 0.356 e. The van der Waals surface area contributed by atoms with Gasteiger partial charge in [-0.2, -0.15) is 0 Å². The van der Waals surface area contributed by atoms with Crippen molar-refractivity contribution in [2.45, 2.75) is 91.0 Å². The van der Waals surface area contributed by atoms with Crippen LogP contribution in [0.1, 0.15) is 90.5 Å². The lowest BCUT2D eigenvalue weighted by molar-refractivity contribution is -0.141. The van der Waals surface area contributed by atoms with E-state index in [0.717, 1.165) is 32.1 Å². The van der Waals surface area contributed by atoms with Crippen molar-refractivity contribution in [1.29, 1.82) is 0 Å². The number of rotatable bonds is 12. The maximum atomic E-state index is 13.4. The molecule has 2 unspecified atom stereocenters. The highest BCUT2D eigenvalue weighted by Crippen LogP contribution is 2.34. The van der Waals surface area contributed by atoms with Gasteiger partial charge in [0.2, 0.25) is 17.7 Å². The number of carbonyl (C=O) groups excluding carboxylic acids is 4. The molecule has 5 amide bonds. The van der Waals surface area contributed by atoms with Crippen LogP contribution in [0.4, 0.5) is 10.5 Å². The van der Waals surface area contributed by atoms with Crippen LogP contribution in [0.2, 0.25) is 0 Å². The molecule has 2 atom stereocenters. The Labute approximate surface area is 221 Å². The average Bonchev–Trinajstić information content (AvgIpc) is 2.86. The number of hydrogen-bond donors (Lipinski definition) is 2. The van der Waals surface area contributed by atoms with Crippen LogP contribution in [0, 0.1) is 11.8 Å². The molecule has 1 aliphatic carbocycles. The lowest BCUT2D eigenvalue weighted by Crippen LogP contribution is -2.63. The third-order valence-electron chi connectivity index (χ3n) is 7.44. The molecule has 1 aromatic carbocycles. The van der Waals surface area contributed by atoms with E-state index >= 15 is 0 Å². The van der Waals surface area contributed by atoms with Crippen molar-refractivity contribution in [3.8, 4) is 0 Å². The number of hydrogen-bond acceptors (Lipinski definition) is 4. The van der Waals surface area contributed by atoms with Gasteiger partial charge >= 0.3 is 6.03 Å². The zero-order chi connectivity index (χ0) is 26.9. The van der Waals surface area contributed by atoms with Gasteiger partial charge in [0, 0.05) is 31.2 Å². The van der Waals surface area contributed by atoms with E-state index in [2.05, 4.69) is 38.3 Å². The fourth-order valence-corrected chi connectivity index (χ4v) is 5.21. The van der Waals surface area contributed by atoms with Crippen LogP contribution in [0.5, 0.6) is 0 Å². The number of nitrogens with zero attached hydrogens (tertiary/aromatic N) is 2. The fraction of sp³-hybridized carbons (Fsp3) is 0.655. The summed E-state index contributed by atoms with van der Waals surface area (Å²) >= 11 is 0. The van der Waals surface area contributed by atoms with Crippen LogP contribution in [0.15, 0.2) is 24.3 Å². The minimum Gasteiger partial charge on any atom is -0.356 e.